The maximum absolute atomic E-state index is 9.90. The van der Waals surface area contributed by atoms with Gasteiger partial charge in [0, 0.05) is 12.0 Å². The standard InChI is InChI=1S/C6H12O6.C5H9NO4.2Na/c7-1-3(9)5(11)6(12)4(10)2-8;6-3(5(9)10)1-2-4(7)8;;/h1,3-6,8-12H,2H2;3H,1-2,6H2,(H,7,8)(H,9,10);;/q;;2*+1/p-2. The van der Waals surface area contributed by atoms with E-state index in [0.717, 1.165) is 0 Å². The van der Waals surface area contributed by atoms with Crippen molar-refractivity contribution in [3.63, 3.8) is 0 Å². The summed E-state index contributed by atoms with van der Waals surface area (Å²) in [5.74, 6) is -2.75. The molecule has 0 aliphatic carbocycles. The van der Waals surface area contributed by atoms with Gasteiger partial charge in [-0.2, -0.15) is 0 Å². The first-order chi connectivity index (χ1) is 10.1. The smallest absolute Gasteiger partial charge is 0.550 e. The molecule has 7 N–H and O–H groups in total. The summed E-state index contributed by atoms with van der Waals surface area (Å²) in [4.78, 5) is 29.5. The van der Waals surface area contributed by atoms with E-state index in [4.69, 9.17) is 31.3 Å². The van der Waals surface area contributed by atoms with Crippen LogP contribution in [0.25, 0.3) is 0 Å². The number of carboxylic acids is 2. The quantitative estimate of drug-likeness (QED) is 0.165. The number of aldehydes is 1. The molecule has 0 aromatic rings. The summed E-state index contributed by atoms with van der Waals surface area (Å²) >= 11 is 0. The van der Waals surface area contributed by atoms with Gasteiger partial charge in [-0.05, 0) is 12.8 Å². The Morgan fingerprint density at radius 1 is 1.04 bits per heavy atom. The first kappa shape index (κ1) is 32.1. The van der Waals surface area contributed by atoms with Gasteiger partial charge < -0.3 is 55.9 Å². The molecule has 0 aliphatic heterocycles. The third-order valence-electron chi connectivity index (χ3n) is 2.38. The minimum atomic E-state index is -1.79. The topological polar surface area (TPSA) is 224 Å². The summed E-state index contributed by atoms with van der Waals surface area (Å²) in [7, 11) is 0. The Bertz CT molecular complexity index is 360. The Morgan fingerprint density at radius 2 is 1.50 bits per heavy atom. The molecular formula is C11H19NNa2O10. The molecule has 130 valence electrons. The average Bonchev–Trinajstić information content (AvgIpc) is 2.49. The predicted octanol–water partition coefficient (Wildman–Crippen LogP) is -12.8. The zero-order valence-electron chi connectivity index (χ0n) is 13.4. The van der Waals surface area contributed by atoms with E-state index in [9.17, 15) is 24.6 Å². The molecule has 0 saturated carbocycles. The monoisotopic (exact) mass is 371 g/mol. The molecule has 24 heavy (non-hydrogen) atoms. The third kappa shape index (κ3) is 15.9. The van der Waals surface area contributed by atoms with Crippen LogP contribution < -0.4 is 75.1 Å². The predicted molar refractivity (Wildman–Crippen MR) is 64.4 cm³/mol. The number of hydrogen-bond donors (Lipinski definition) is 6. The number of carboxylic acid groups (broad SMARTS) is 2. The second kappa shape index (κ2) is 18.2. The fourth-order valence-corrected chi connectivity index (χ4v) is 1.01. The Balaban J connectivity index is -0.000000156. The molecule has 0 bridgehead atoms. The number of aliphatic hydroxyl groups excluding tert-OH is 5. The zero-order valence-corrected chi connectivity index (χ0v) is 17.4. The van der Waals surface area contributed by atoms with Crippen LogP contribution in [0.3, 0.4) is 0 Å². The van der Waals surface area contributed by atoms with Crippen LogP contribution in [0.4, 0.5) is 0 Å². The van der Waals surface area contributed by atoms with E-state index in [1.807, 2.05) is 0 Å². The maximum atomic E-state index is 9.90. The van der Waals surface area contributed by atoms with Crippen LogP contribution >= 0.6 is 0 Å². The van der Waals surface area contributed by atoms with Crippen LogP contribution in [0, 0.1) is 0 Å². The van der Waals surface area contributed by atoms with Gasteiger partial charge in [0.2, 0.25) is 0 Å². The summed E-state index contributed by atoms with van der Waals surface area (Å²) in [5, 5.41) is 63.1. The molecule has 0 aliphatic rings. The molecule has 0 saturated heterocycles. The fraction of sp³-hybridized carbons (Fsp3) is 0.727. The van der Waals surface area contributed by atoms with Crippen molar-refractivity contribution < 1.29 is 109 Å². The van der Waals surface area contributed by atoms with Crippen molar-refractivity contribution in [2.24, 2.45) is 5.73 Å². The molecule has 0 radical (unpaired) electrons. The van der Waals surface area contributed by atoms with Crippen LogP contribution in [0.5, 0.6) is 0 Å². The summed E-state index contributed by atoms with van der Waals surface area (Å²) in [5.41, 5.74) is 4.91. The van der Waals surface area contributed by atoms with Gasteiger partial charge in [0.25, 0.3) is 0 Å². The first-order valence-electron chi connectivity index (χ1n) is 6.03. The van der Waals surface area contributed by atoms with Gasteiger partial charge in [-0.3, -0.25) is 0 Å². The summed E-state index contributed by atoms with van der Waals surface area (Å²) in [6.45, 7) is -0.760. The normalized spacial score (nSPS) is 15.8. The van der Waals surface area contributed by atoms with Gasteiger partial charge in [0.15, 0.2) is 6.29 Å². The van der Waals surface area contributed by atoms with Crippen LogP contribution in [0.2, 0.25) is 0 Å². The first-order valence-corrected chi connectivity index (χ1v) is 6.03. The summed E-state index contributed by atoms with van der Waals surface area (Å²) < 4.78 is 0. The molecular weight excluding hydrogens is 352 g/mol. The van der Waals surface area contributed by atoms with Crippen molar-refractivity contribution in [3.05, 3.63) is 0 Å². The van der Waals surface area contributed by atoms with E-state index < -0.39 is 49.0 Å². The van der Waals surface area contributed by atoms with Crippen molar-refractivity contribution in [2.75, 3.05) is 6.61 Å². The largest absolute Gasteiger partial charge is 1.00 e. The molecule has 0 aromatic heterocycles. The summed E-state index contributed by atoms with van der Waals surface area (Å²) in [6.07, 6.45) is -7.34. The molecule has 13 heteroatoms. The third-order valence-corrected chi connectivity index (χ3v) is 2.38. The number of hydrogen-bond acceptors (Lipinski definition) is 11. The Morgan fingerprint density at radius 3 is 1.79 bits per heavy atom. The van der Waals surface area contributed by atoms with Crippen molar-refractivity contribution in [2.45, 2.75) is 43.3 Å². The molecule has 11 nitrogen and oxygen atoms in total. The van der Waals surface area contributed by atoms with E-state index in [1.54, 1.807) is 0 Å². The van der Waals surface area contributed by atoms with Gasteiger partial charge in [-0.25, -0.2) is 0 Å². The van der Waals surface area contributed by atoms with E-state index in [-0.39, 0.29) is 78.2 Å². The minimum absolute atomic E-state index is 0. The molecule has 0 fully saturated rings. The number of carbonyl (C=O) groups excluding carboxylic acids is 3. The molecule has 5 unspecified atom stereocenters. The van der Waals surface area contributed by atoms with Gasteiger partial charge in [-0.15, -0.1) is 0 Å². The number of aliphatic carboxylic acids is 2. The molecule has 0 rings (SSSR count). The van der Waals surface area contributed by atoms with Crippen molar-refractivity contribution in [1.82, 2.24) is 0 Å². The van der Waals surface area contributed by atoms with Crippen molar-refractivity contribution in [1.29, 1.82) is 0 Å². The van der Waals surface area contributed by atoms with Crippen LogP contribution in [-0.2, 0) is 14.4 Å². The number of nitrogens with two attached hydrogens (primary N) is 1. The molecule has 5 atom stereocenters. The van der Waals surface area contributed by atoms with Gasteiger partial charge in [0.1, 0.15) is 24.4 Å². The van der Waals surface area contributed by atoms with Crippen LogP contribution in [0.15, 0.2) is 0 Å². The summed E-state index contributed by atoms with van der Waals surface area (Å²) in [6, 6.07) is -1.21. The molecule has 0 heterocycles. The Hall–Kier alpha value is 0.370. The number of rotatable bonds is 9. The van der Waals surface area contributed by atoms with Gasteiger partial charge in [-0.1, -0.05) is 0 Å². The van der Waals surface area contributed by atoms with Crippen molar-refractivity contribution in [3.8, 4) is 0 Å². The maximum Gasteiger partial charge on any atom is 1.00 e. The van der Waals surface area contributed by atoms with E-state index in [2.05, 4.69) is 0 Å². The molecule has 0 spiro atoms. The molecule has 0 aromatic carbocycles. The van der Waals surface area contributed by atoms with Crippen LogP contribution in [0.1, 0.15) is 12.8 Å². The molecule has 0 amide bonds. The van der Waals surface area contributed by atoms with E-state index in [1.165, 1.54) is 0 Å². The second-order valence-electron chi connectivity index (χ2n) is 4.19. The number of aliphatic hydroxyl groups is 5. The minimum Gasteiger partial charge on any atom is -0.550 e. The van der Waals surface area contributed by atoms with Crippen LogP contribution in [-0.4, -0.2) is 80.8 Å². The van der Waals surface area contributed by atoms with Gasteiger partial charge >= 0.3 is 59.1 Å². The SMILES string of the molecule is NC(CCC(=O)[O-])C(=O)[O-].O=CC(O)C(O)C(O)C(O)CO.[Na+].[Na+]. The van der Waals surface area contributed by atoms with Gasteiger partial charge in [0.05, 0.1) is 12.6 Å². The Labute approximate surface area is 182 Å². The van der Waals surface area contributed by atoms with Crippen molar-refractivity contribution >= 4 is 18.2 Å². The average molecular weight is 371 g/mol. The van der Waals surface area contributed by atoms with E-state index in [0.29, 0.717) is 0 Å². The zero-order chi connectivity index (χ0) is 17.9. The fourth-order valence-electron chi connectivity index (χ4n) is 1.01. The number of carbonyl (C=O) groups is 3. The Kier molecular flexibility index (Phi) is 24.3. The van der Waals surface area contributed by atoms with E-state index >= 15 is 0 Å². The second-order valence-corrected chi connectivity index (χ2v) is 4.19.